The van der Waals surface area contributed by atoms with E-state index in [2.05, 4.69) is 15.5 Å². The average Bonchev–Trinajstić information content (AvgIpc) is 3.16. The molecular formula is C21H29ClN4O3. The zero-order valence-corrected chi connectivity index (χ0v) is 17.5. The van der Waals surface area contributed by atoms with Crippen LogP contribution in [0.3, 0.4) is 0 Å². The summed E-state index contributed by atoms with van der Waals surface area (Å²) in [6, 6.07) is 8.04. The van der Waals surface area contributed by atoms with Gasteiger partial charge in [-0.2, -0.15) is 4.98 Å². The molecule has 0 radical (unpaired) electrons. The molecule has 2 bridgehead atoms. The normalized spacial score (nSPS) is 25.7. The van der Waals surface area contributed by atoms with E-state index in [1.807, 2.05) is 24.3 Å². The Morgan fingerprint density at radius 2 is 1.93 bits per heavy atom. The van der Waals surface area contributed by atoms with Gasteiger partial charge in [0.25, 0.3) is 0 Å². The number of nitrogens with two attached hydrogens (primary N) is 1. The molecule has 1 amide bonds. The van der Waals surface area contributed by atoms with E-state index in [0.29, 0.717) is 42.4 Å². The zero-order valence-electron chi connectivity index (χ0n) is 16.7. The molecule has 4 rings (SSSR count). The lowest BCUT2D eigenvalue weighted by Gasteiger charge is -2.45. The first-order valence-electron chi connectivity index (χ1n) is 10.1. The number of halogens is 1. The van der Waals surface area contributed by atoms with Crippen molar-refractivity contribution in [3.8, 4) is 17.1 Å². The highest BCUT2D eigenvalue weighted by Gasteiger charge is 2.39. The molecule has 2 aromatic rings. The van der Waals surface area contributed by atoms with E-state index in [0.717, 1.165) is 24.2 Å². The lowest BCUT2D eigenvalue weighted by molar-refractivity contribution is -0.123. The lowest BCUT2D eigenvalue weighted by Crippen LogP contribution is -2.53. The third-order valence-electron chi connectivity index (χ3n) is 6.09. The predicted octanol–water partition coefficient (Wildman–Crippen LogP) is 3.12. The molecule has 7 nitrogen and oxygen atoms in total. The fourth-order valence-electron chi connectivity index (χ4n) is 4.72. The molecule has 0 spiro atoms. The number of ether oxygens (including phenoxy) is 1. The number of hydrogen-bond acceptors (Lipinski definition) is 6. The van der Waals surface area contributed by atoms with Gasteiger partial charge in [-0.15, -0.1) is 12.4 Å². The Kier molecular flexibility index (Phi) is 7.14. The van der Waals surface area contributed by atoms with Crippen LogP contribution in [-0.4, -0.2) is 35.2 Å². The van der Waals surface area contributed by atoms with Crippen molar-refractivity contribution in [2.45, 2.75) is 57.0 Å². The van der Waals surface area contributed by atoms with E-state index < -0.39 is 0 Å². The van der Waals surface area contributed by atoms with Crippen LogP contribution in [0.15, 0.2) is 28.8 Å². The number of carbonyl (C=O) groups excluding carboxylic acids is 1. The minimum absolute atomic E-state index is 0. The van der Waals surface area contributed by atoms with Crippen molar-refractivity contribution in [3.63, 3.8) is 0 Å². The molecular weight excluding hydrogens is 392 g/mol. The molecule has 2 aliphatic carbocycles. The Bertz CT molecular complexity index is 797. The average molecular weight is 421 g/mol. The molecule has 0 aliphatic heterocycles. The second-order valence-electron chi connectivity index (χ2n) is 8.02. The molecule has 2 aliphatic rings. The molecule has 0 saturated heterocycles. The van der Waals surface area contributed by atoms with Gasteiger partial charge in [0, 0.05) is 30.5 Å². The molecule has 2 fully saturated rings. The Morgan fingerprint density at radius 3 is 2.59 bits per heavy atom. The molecule has 8 heteroatoms. The molecule has 1 aromatic carbocycles. The summed E-state index contributed by atoms with van der Waals surface area (Å²) in [5.74, 6) is 2.88. The van der Waals surface area contributed by atoms with Gasteiger partial charge in [0.1, 0.15) is 5.75 Å². The smallest absolute Gasteiger partial charge is 0.227 e. The van der Waals surface area contributed by atoms with Crippen LogP contribution in [0.4, 0.5) is 0 Å². The van der Waals surface area contributed by atoms with E-state index in [-0.39, 0.29) is 24.4 Å². The molecule has 3 N–H and O–H groups in total. The van der Waals surface area contributed by atoms with Crippen molar-refractivity contribution in [3.05, 3.63) is 30.2 Å². The first-order valence-corrected chi connectivity index (χ1v) is 10.1. The number of aromatic nitrogens is 2. The molecule has 2 unspecified atom stereocenters. The van der Waals surface area contributed by atoms with Gasteiger partial charge < -0.3 is 20.3 Å². The minimum Gasteiger partial charge on any atom is -0.497 e. The van der Waals surface area contributed by atoms with Crippen molar-refractivity contribution in [1.82, 2.24) is 15.5 Å². The van der Waals surface area contributed by atoms with E-state index in [9.17, 15) is 4.79 Å². The van der Waals surface area contributed by atoms with Crippen molar-refractivity contribution < 1.29 is 14.1 Å². The van der Waals surface area contributed by atoms with Gasteiger partial charge in [-0.1, -0.05) is 11.6 Å². The number of amides is 1. The SMILES string of the molecule is COc1ccc(-c2noc(CCC(=O)NC3C4CCCC3CC(N)C4)n2)cc1.Cl. The quantitative estimate of drug-likeness (QED) is 0.744. The Labute approximate surface area is 177 Å². The number of carbonyl (C=O) groups is 1. The van der Waals surface area contributed by atoms with Crippen LogP contribution in [0.2, 0.25) is 0 Å². The van der Waals surface area contributed by atoms with Crippen molar-refractivity contribution in [1.29, 1.82) is 0 Å². The standard InChI is InChI=1S/C21H28N4O3.ClH/c1-27-17-7-5-13(6-8-17)21-24-19(28-25-21)10-9-18(26)23-20-14-3-2-4-15(20)12-16(22)11-14;/h5-8,14-16,20H,2-4,9-12,22H2,1H3,(H,23,26);1H. The molecule has 158 valence electrons. The van der Waals surface area contributed by atoms with Crippen LogP contribution in [0.25, 0.3) is 11.4 Å². The third-order valence-corrected chi connectivity index (χ3v) is 6.09. The van der Waals surface area contributed by atoms with Crippen LogP contribution in [0.1, 0.15) is 44.4 Å². The van der Waals surface area contributed by atoms with Gasteiger partial charge in [-0.25, -0.2) is 0 Å². The molecule has 29 heavy (non-hydrogen) atoms. The number of methoxy groups -OCH3 is 1. The van der Waals surface area contributed by atoms with Crippen LogP contribution < -0.4 is 15.8 Å². The van der Waals surface area contributed by atoms with E-state index in [1.165, 1.54) is 19.3 Å². The van der Waals surface area contributed by atoms with Gasteiger partial charge in [0.2, 0.25) is 17.6 Å². The summed E-state index contributed by atoms with van der Waals surface area (Å²) in [5.41, 5.74) is 7.03. The van der Waals surface area contributed by atoms with Gasteiger partial charge in [-0.3, -0.25) is 4.79 Å². The maximum atomic E-state index is 12.5. The molecule has 2 saturated carbocycles. The van der Waals surface area contributed by atoms with E-state index >= 15 is 0 Å². The van der Waals surface area contributed by atoms with Crippen molar-refractivity contribution >= 4 is 18.3 Å². The highest BCUT2D eigenvalue weighted by molar-refractivity contribution is 5.85. The number of aryl methyl sites for hydroxylation is 1. The molecule has 1 heterocycles. The predicted molar refractivity (Wildman–Crippen MR) is 112 cm³/mol. The van der Waals surface area contributed by atoms with Gasteiger partial charge in [-0.05, 0) is 61.8 Å². The zero-order chi connectivity index (χ0) is 19.5. The number of nitrogens with zero attached hydrogens (tertiary/aromatic N) is 2. The number of fused-ring (bicyclic) bond motifs is 2. The summed E-state index contributed by atoms with van der Waals surface area (Å²) in [6.45, 7) is 0. The van der Waals surface area contributed by atoms with Gasteiger partial charge in [0.05, 0.1) is 7.11 Å². The van der Waals surface area contributed by atoms with E-state index in [1.54, 1.807) is 7.11 Å². The lowest BCUT2D eigenvalue weighted by atomic mass is 9.67. The maximum absolute atomic E-state index is 12.5. The summed E-state index contributed by atoms with van der Waals surface area (Å²) in [7, 11) is 1.63. The fraction of sp³-hybridized carbons (Fsp3) is 0.571. The highest BCUT2D eigenvalue weighted by Crippen LogP contribution is 2.39. The largest absolute Gasteiger partial charge is 0.497 e. The molecule has 1 aromatic heterocycles. The van der Waals surface area contributed by atoms with Crippen LogP contribution >= 0.6 is 12.4 Å². The minimum atomic E-state index is 0. The summed E-state index contributed by atoms with van der Waals surface area (Å²) in [5, 5.41) is 7.28. The topological polar surface area (TPSA) is 103 Å². The fourth-order valence-corrected chi connectivity index (χ4v) is 4.72. The number of nitrogens with one attached hydrogen (secondary N) is 1. The summed E-state index contributed by atoms with van der Waals surface area (Å²) < 4.78 is 10.5. The summed E-state index contributed by atoms with van der Waals surface area (Å²) >= 11 is 0. The Hall–Kier alpha value is -2.12. The third kappa shape index (κ3) is 5.08. The van der Waals surface area contributed by atoms with Crippen LogP contribution in [0, 0.1) is 11.8 Å². The summed E-state index contributed by atoms with van der Waals surface area (Å²) in [6.07, 6.45) is 6.44. The Morgan fingerprint density at radius 1 is 1.24 bits per heavy atom. The molecule has 2 atom stereocenters. The number of hydrogen-bond donors (Lipinski definition) is 2. The van der Waals surface area contributed by atoms with Gasteiger partial charge in [0.15, 0.2) is 0 Å². The number of rotatable bonds is 6. The first-order chi connectivity index (χ1) is 13.6. The first kappa shape index (κ1) is 21.6. The van der Waals surface area contributed by atoms with Gasteiger partial charge >= 0.3 is 0 Å². The maximum Gasteiger partial charge on any atom is 0.227 e. The van der Waals surface area contributed by atoms with Crippen LogP contribution in [-0.2, 0) is 11.2 Å². The number of benzene rings is 1. The highest BCUT2D eigenvalue weighted by atomic mass is 35.5. The van der Waals surface area contributed by atoms with Crippen molar-refractivity contribution in [2.75, 3.05) is 7.11 Å². The summed E-state index contributed by atoms with van der Waals surface area (Å²) in [4.78, 5) is 16.9. The van der Waals surface area contributed by atoms with E-state index in [4.69, 9.17) is 15.0 Å². The monoisotopic (exact) mass is 420 g/mol. The van der Waals surface area contributed by atoms with Crippen LogP contribution in [0.5, 0.6) is 5.75 Å². The van der Waals surface area contributed by atoms with Crippen molar-refractivity contribution in [2.24, 2.45) is 17.6 Å². The second-order valence-corrected chi connectivity index (χ2v) is 8.02. The second kappa shape index (κ2) is 9.59. The Balaban J connectivity index is 0.00000240.